The summed E-state index contributed by atoms with van der Waals surface area (Å²) in [6.07, 6.45) is 2.48. The Hall–Kier alpha value is -1.75. The van der Waals surface area contributed by atoms with Crippen molar-refractivity contribution < 1.29 is 9.47 Å². The number of fused-ring (bicyclic) bond motifs is 1. The fourth-order valence-electron chi connectivity index (χ4n) is 2.08. The van der Waals surface area contributed by atoms with Crippen LogP contribution in [-0.2, 0) is 6.42 Å². The van der Waals surface area contributed by atoms with Gasteiger partial charge in [0.05, 0.1) is 6.20 Å². The predicted octanol–water partition coefficient (Wildman–Crippen LogP) is 3.23. The summed E-state index contributed by atoms with van der Waals surface area (Å²) in [6.45, 7) is 4.14. The fourth-order valence-corrected chi connectivity index (χ4v) is 2.62. The van der Waals surface area contributed by atoms with Gasteiger partial charge in [-0.2, -0.15) is 0 Å². The first-order valence-electron chi connectivity index (χ1n) is 5.74. The maximum Gasteiger partial charge on any atom is 0.280 e. The summed E-state index contributed by atoms with van der Waals surface area (Å²) in [5, 5.41) is 1.17. The molecule has 0 radical (unpaired) electrons. The Morgan fingerprint density at radius 2 is 2.28 bits per heavy atom. The Labute approximate surface area is 109 Å². The summed E-state index contributed by atoms with van der Waals surface area (Å²) < 4.78 is 11.7. The van der Waals surface area contributed by atoms with E-state index in [0.29, 0.717) is 15.9 Å². The van der Waals surface area contributed by atoms with Gasteiger partial charge in [-0.15, -0.1) is 0 Å². The molecule has 0 aliphatic carbocycles. The Morgan fingerprint density at radius 1 is 1.44 bits per heavy atom. The number of benzene rings is 1. The van der Waals surface area contributed by atoms with E-state index >= 15 is 0 Å². The van der Waals surface area contributed by atoms with Gasteiger partial charge in [-0.1, -0.05) is 23.5 Å². The van der Waals surface area contributed by atoms with Crippen LogP contribution in [0.4, 0.5) is 5.00 Å². The van der Waals surface area contributed by atoms with E-state index in [4.69, 9.17) is 15.2 Å². The number of hydrogen-bond donors (Lipinski definition) is 1. The van der Waals surface area contributed by atoms with Crippen LogP contribution in [-0.4, -0.2) is 10.6 Å². The molecule has 0 atom stereocenters. The van der Waals surface area contributed by atoms with Crippen molar-refractivity contribution in [2.45, 2.75) is 25.9 Å². The van der Waals surface area contributed by atoms with Gasteiger partial charge in [0.2, 0.25) is 0 Å². The molecule has 2 N–H and O–H groups in total. The number of para-hydroxylation sites is 1. The molecule has 0 bridgehead atoms. The maximum atomic E-state index is 5.93. The van der Waals surface area contributed by atoms with Gasteiger partial charge in [-0.3, -0.25) is 0 Å². The molecule has 1 aromatic carbocycles. The van der Waals surface area contributed by atoms with Crippen molar-refractivity contribution in [3.05, 3.63) is 30.0 Å². The van der Waals surface area contributed by atoms with Gasteiger partial charge in [-0.05, 0) is 19.9 Å². The first kappa shape index (κ1) is 11.3. The molecule has 1 aliphatic heterocycles. The summed E-state index contributed by atoms with van der Waals surface area (Å²) >= 11 is 1.32. The minimum absolute atomic E-state index is 0.177. The van der Waals surface area contributed by atoms with E-state index in [9.17, 15) is 0 Å². The normalized spacial score (nSPS) is 16.1. The summed E-state index contributed by atoms with van der Waals surface area (Å²) in [5.41, 5.74) is 6.62. The summed E-state index contributed by atoms with van der Waals surface area (Å²) in [5.74, 6) is 1.52. The standard InChI is InChI=1S/C13H14N2O2S/c1-13(2)6-8-4-3-5-9(11(8)17-13)16-12-15-7-10(14)18-12/h3-5,7H,6,14H2,1-2H3. The van der Waals surface area contributed by atoms with Gasteiger partial charge in [-0.25, -0.2) is 4.98 Å². The van der Waals surface area contributed by atoms with Crippen LogP contribution < -0.4 is 15.2 Å². The monoisotopic (exact) mass is 262 g/mol. The lowest BCUT2D eigenvalue weighted by molar-refractivity contribution is 0.135. The fraction of sp³-hybridized carbons (Fsp3) is 0.308. The molecule has 94 valence electrons. The lowest BCUT2D eigenvalue weighted by Gasteiger charge is -2.17. The third kappa shape index (κ3) is 2.01. The van der Waals surface area contributed by atoms with Gasteiger partial charge in [0, 0.05) is 12.0 Å². The first-order valence-corrected chi connectivity index (χ1v) is 6.55. The molecule has 0 unspecified atom stereocenters. The van der Waals surface area contributed by atoms with E-state index in [1.807, 2.05) is 12.1 Å². The number of aromatic nitrogens is 1. The summed E-state index contributed by atoms with van der Waals surface area (Å²) in [6, 6.07) is 5.92. The smallest absolute Gasteiger partial charge is 0.280 e. The summed E-state index contributed by atoms with van der Waals surface area (Å²) in [7, 11) is 0. The Balaban J connectivity index is 1.93. The second-order valence-electron chi connectivity index (χ2n) is 4.91. The highest BCUT2D eigenvalue weighted by atomic mass is 32.1. The maximum absolute atomic E-state index is 5.93. The molecule has 0 saturated carbocycles. The van der Waals surface area contributed by atoms with Crippen LogP contribution in [0, 0.1) is 0 Å². The number of hydrogen-bond acceptors (Lipinski definition) is 5. The first-order chi connectivity index (χ1) is 8.53. The zero-order valence-corrected chi connectivity index (χ0v) is 11.1. The molecular weight excluding hydrogens is 248 g/mol. The van der Waals surface area contributed by atoms with E-state index in [1.165, 1.54) is 16.9 Å². The molecule has 2 heterocycles. The highest BCUT2D eigenvalue weighted by Gasteiger charge is 2.32. The molecule has 4 nitrogen and oxygen atoms in total. The molecule has 0 spiro atoms. The number of anilines is 1. The number of nitrogens with two attached hydrogens (primary N) is 1. The second-order valence-corrected chi connectivity index (χ2v) is 5.94. The molecular formula is C13H14N2O2S. The number of nitrogens with zero attached hydrogens (tertiary/aromatic N) is 1. The van der Waals surface area contributed by atoms with Crippen molar-refractivity contribution in [3.8, 4) is 16.7 Å². The van der Waals surface area contributed by atoms with E-state index in [2.05, 4.69) is 24.9 Å². The second kappa shape index (κ2) is 3.88. The number of thiazole rings is 1. The van der Waals surface area contributed by atoms with E-state index in [0.717, 1.165) is 12.2 Å². The number of rotatable bonds is 2. The Kier molecular flexibility index (Phi) is 2.45. The molecule has 0 amide bonds. The molecule has 3 rings (SSSR count). The van der Waals surface area contributed by atoms with Gasteiger partial charge in [0.25, 0.3) is 5.19 Å². The molecule has 5 heteroatoms. The minimum atomic E-state index is -0.177. The molecule has 1 aromatic heterocycles. The van der Waals surface area contributed by atoms with Crippen LogP contribution >= 0.6 is 11.3 Å². The van der Waals surface area contributed by atoms with Crippen LogP contribution in [0.1, 0.15) is 19.4 Å². The van der Waals surface area contributed by atoms with Crippen molar-refractivity contribution in [1.82, 2.24) is 4.98 Å². The van der Waals surface area contributed by atoms with Crippen molar-refractivity contribution in [2.75, 3.05) is 5.73 Å². The molecule has 0 saturated heterocycles. The summed E-state index contributed by atoms with van der Waals surface area (Å²) in [4.78, 5) is 4.09. The van der Waals surface area contributed by atoms with Gasteiger partial charge in [0.15, 0.2) is 11.5 Å². The van der Waals surface area contributed by atoms with Gasteiger partial charge >= 0.3 is 0 Å². The van der Waals surface area contributed by atoms with Crippen LogP contribution in [0.15, 0.2) is 24.4 Å². The molecule has 2 aromatic rings. The largest absolute Gasteiger partial charge is 0.483 e. The molecule has 1 aliphatic rings. The zero-order valence-electron chi connectivity index (χ0n) is 10.3. The average molecular weight is 262 g/mol. The Bertz CT molecular complexity index is 592. The highest BCUT2D eigenvalue weighted by molar-refractivity contribution is 7.17. The molecule has 0 fully saturated rings. The van der Waals surface area contributed by atoms with Crippen molar-refractivity contribution in [1.29, 1.82) is 0 Å². The lowest BCUT2D eigenvalue weighted by atomic mass is 10.0. The SMILES string of the molecule is CC1(C)Cc2cccc(Oc3ncc(N)s3)c2O1. The van der Waals surface area contributed by atoms with Crippen LogP contribution in [0.3, 0.4) is 0 Å². The molecule has 18 heavy (non-hydrogen) atoms. The van der Waals surface area contributed by atoms with E-state index in [-0.39, 0.29) is 5.60 Å². The average Bonchev–Trinajstić information content (AvgIpc) is 2.81. The number of nitrogen functional groups attached to an aromatic ring is 1. The third-order valence-corrected chi connectivity index (χ3v) is 3.46. The number of ether oxygens (including phenoxy) is 2. The van der Waals surface area contributed by atoms with Crippen LogP contribution in [0.5, 0.6) is 16.7 Å². The third-order valence-electron chi connectivity index (χ3n) is 2.75. The lowest BCUT2D eigenvalue weighted by Crippen LogP contribution is -2.24. The van der Waals surface area contributed by atoms with Crippen molar-refractivity contribution >= 4 is 16.3 Å². The minimum Gasteiger partial charge on any atom is -0.483 e. The van der Waals surface area contributed by atoms with Crippen LogP contribution in [0.25, 0.3) is 0 Å². The Morgan fingerprint density at radius 3 is 3.00 bits per heavy atom. The van der Waals surface area contributed by atoms with Crippen molar-refractivity contribution in [3.63, 3.8) is 0 Å². The van der Waals surface area contributed by atoms with Crippen LogP contribution in [0.2, 0.25) is 0 Å². The topological polar surface area (TPSA) is 57.4 Å². The van der Waals surface area contributed by atoms with Gasteiger partial charge in [0.1, 0.15) is 10.6 Å². The van der Waals surface area contributed by atoms with Gasteiger partial charge < -0.3 is 15.2 Å². The highest BCUT2D eigenvalue weighted by Crippen LogP contribution is 2.43. The quantitative estimate of drug-likeness (QED) is 0.902. The predicted molar refractivity (Wildman–Crippen MR) is 71.5 cm³/mol. The van der Waals surface area contributed by atoms with E-state index in [1.54, 1.807) is 6.20 Å². The zero-order chi connectivity index (χ0) is 12.8. The van der Waals surface area contributed by atoms with Crippen molar-refractivity contribution in [2.24, 2.45) is 0 Å². The van der Waals surface area contributed by atoms with E-state index < -0.39 is 0 Å².